The Morgan fingerprint density at radius 2 is 1.25 bits per heavy atom. The zero-order valence-electron chi connectivity index (χ0n) is 24.8. The molecule has 1 aromatic carbocycles. The minimum absolute atomic E-state index is 0.0610. The van der Waals surface area contributed by atoms with E-state index >= 15 is 0 Å². The number of hydrogen-bond acceptors (Lipinski definition) is 7. The van der Waals surface area contributed by atoms with Gasteiger partial charge in [-0.15, -0.1) is 0 Å². The summed E-state index contributed by atoms with van der Waals surface area (Å²) >= 11 is -3.58. The Labute approximate surface area is 247 Å². The Morgan fingerprint density at radius 1 is 0.775 bits per heavy atom. The van der Waals surface area contributed by atoms with Gasteiger partial charge in [0.05, 0.1) is 6.10 Å². The van der Waals surface area contributed by atoms with Gasteiger partial charge in [0.25, 0.3) is 6.10 Å². The Hall–Kier alpha value is -1.78. The van der Waals surface area contributed by atoms with Crippen LogP contribution in [-0.4, -0.2) is 43.3 Å². The summed E-state index contributed by atoms with van der Waals surface area (Å²) in [5, 5.41) is 0. The summed E-state index contributed by atoms with van der Waals surface area (Å²) in [6, 6.07) is 8.19. The first-order chi connectivity index (χ1) is 18.9. The van der Waals surface area contributed by atoms with Gasteiger partial charge in [0, 0.05) is 18.0 Å². The zero-order chi connectivity index (χ0) is 30.3. The number of carbonyl (C=O) groups is 3. The van der Waals surface area contributed by atoms with Gasteiger partial charge in [0.15, 0.2) is 0 Å². The number of esters is 2. The molecule has 0 aliphatic carbocycles. The molecule has 10 heteroatoms. The van der Waals surface area contributed by atoms with Crippen molar-refractivity contribution >= 4 is 17.7 Å². The van der Waals surface area contributed by atoms with Gasteiger partial charge < -0.3 is 15.2 Å². The van der Waals surface area contributed by atoms with Crippen LogP contribution in [0.3, 0.4) is 0 Å². The van der Waals surface area contributed by atoms with Gasteiger partial charge in [-0.2, -0.15) is 0 Å². The third-order valence-corrected chi connectivity index (χ3v) is 6.19. The van der Waals surface area contributed by atoms with Crippen LogP contribution < -0.4 is 5.73 Å². The quantitative estimate of drug-likeness (QED) is 0.0574. The average molecular weight is 602 g/mol. The predicted molar refractivity (Wildman–Crippen MR) is 150 cm³/mol. The maximum atomic E-state index is 12.8. The van der Waals surface area contributed by atoms with Crippen LogP contribution in [0.25, 0.3) is 0 Å². The number of benzene rings is 1. The number of carbonyl (C=O) groups excluding carboxylic acids is 3. The molecule has 1 aromatic rings. The second kappa shape index (κ2) is 23.9. The van der Waals surface area contributed by atoms with E-state index < -0.39 is 48.5 Å². The molecule has 40 heavy (non-hydrogen) atoms. The van der Waals surface area contributed by atoms with Crippen molar-refractivity contribution in [1.82, 2.24) is 0 Å². The molecule has 0 aromatic heterocycles. The van der Waals surface area contributed by atoms with Crippen LogP contribution in [0.15, 0.2) is 30.3 Å². The predicted octanol–water partition coefficient (Wildman–Crippen LogP) is 5.55. The van der Waals surface area contributed by atoms with Crippen LogP contribution in [0, 0.1) is 5.92 Å². The first-order valence-corrected chi connectivity index (χ1v) is 16.6. The number of ketones is 1. The summed E-state index contributed by atoms with van der Waals surface area (Å²) in [4.78, 5) is 37.6. The SMILES string of the molecule is CC(C)CCCCCCCCCCCC(N)CCC(=O)OC(C(=O)OC(C)C)C(=O)c1ccccc1.[O]=[Ti]([OH])[OH]. The molecule has 0 radical (unpaired) electrons. The van der Waals surface area contributed by atoms with E-state index in [1.165, 1.54) is 51.4 Å². The molecule has 0 saturated heterocycles. The van der Waals surface area contributed by atoms with Crippen molar-refractivity contribution in [3.63, 3.8) is 0 Å². The van der Waals surface area contributed by atoms with E-state index in [1.54, 1.807) is 44.2 Å². The molecule has 9 nitrogen and oxygen atoms in total. The minimum atomic E-state index is -3.58. The normalized spacial score (nSPS) is 12.3. The van der Waals surface area contributed by atoms with Gasteiger partial charge in [-0.05, 0) is 32.6 Å². The molecule has 0 aliphatic heterocycles. The summed E-state index contributed by atoms with van der Waals surface area (Å²) in [5.41, 5.74) is 6.48. The Morgan fingerprint density at radius 3 is 1.73 bits per heavy atom. The van der Waals surface area contributed by atoms with Crippen molar-refractivity contribution in [3.8, 4) is 0 Å². The van der Waals surface area contributed by atoms with Crippen LogP contribution in [-0.2, 0) is 41.0 Å². The number of nitrogens with two attached hydrogens (primary N) is 1. The zero-order valence-corrected chi connectivity index (χ0v) is 26.4. The van der Waals surface area contributed by atoms with Gasteiger partial charge >= 0.3 is 41.3 Å². The molecule has 228 valence electrons. The fourth-order valence-electron chi connectivity index (χ4n) is 4.09. The Kier molecular flexibility index (Phi) is 22.8. The monoisotopic (exact) mass is 601 g/mol. The van der Waals surface area contributed by atoms with E-state index in [-0.39, 0.29) is 12.5 Å². The molecule has 0 saturated carbocycles. The fourth-order valence-corrected chi connectivity index (χ4v) is 4.09. The third kappa shape index (κ3) is 22.0. The number of hydrogen-bond donors (Lipinski definition) is 3. The topological polar surface area (TPSA) is 153 Å². The Bertz CT molecular complexity index is 843. The van der Waals surface area contributed by atoms with E-state index in [0.29, 0.717) is 12.0 Å². The van der Waals surface area contributed by atoms with Crippen LogP contribution in [0.4, 0.5) is 0 Å². The first-order valence-electron chi connectivity index (χ1n) is 14.6. The second-order valence-electron chi connectivity index (χ2n) is 10.8. The summed E-state index contributed by atoms with van der Waals surface area (Å²) in [5.74, 6) is -1.24. The van der Waals surface area contributed by atoms with Crippen molar-refractivity contribution in [2.45, 2.75) is 129 Å². The molecule has 1 rings (SSSR count). The molecule has 0 amide bonds. The van der Waals surface area contributed by atoms with Crippen LogP contribution >= 0.6 is 0 Å². The fraction of sp³-hybridized carbons (Fsp3) is 0.700. The van der Waals surface area contributed by atoms with E-state index in [9.17, 15) is 14.4 Å². The molecule has 4 N–H and O–H groups in total. The molecular weight excluding hydrogens is 550 g/mol. The summed E-state index contributed by atoms with van der Waals surface area (Å²) in [7, 11) is 0. The van der Waals surface area contributed by atoms with Crippen LogP contribution in [0.1, 0.15) is 122 Å². The molecule has 0 aliphatic rings. The second-order valence-corrected chi connectivity index (χ2v) is 11.7. The van der Waals surface area contributed by atoms with Crippen molar-refractivity contribution in [1.29, 1.82) is 0 Å². The van der Waals surface area contributed by atoms with Crippen LogP contribution in [0.2, 0.25) is 0 Å². The molecule has 2 atom stereocenters. The van der Waals surface area contributed by atoms with Gasteiger partial charge in [0.2, 0.25) is 5.78 Å². The molecule has 0 fully saturated rings. The maximum absolute atomic E-state index is 12.8. The number of ether oxygens (including phenoxy) is 2. The molecule has 0 bridgehead atoms. The van der Waals surface area contributed by atoms with Gasteiger partial charge in [-0.1, -0.05) is 108 Å². The molecule has 0 heterocycles. The number of unbranched alkanes of at least 4 members (excludes halogenated alkanes) is 8. The molecular formula is C30H51NO8Ti. The van der Waals surface area contributed by atoms with Crippen LogP contribution in [0.5, 0.6) is 0 Å². The third-order valence-electron chi connectivity index (χ3n) is 6.19. The molecule has 0 spiro atoms. The molecule has 2 unspecified atom stereocenters. The van der Waals surface area contributed by atoms with Gasteiger partial charge in [0.1, 0.15) is 0 Å². The van der Waals surface area contributed by atoms with Gasteiger partial charge in [-0.25, -0.2) is 4.79 Å². The van der Waals surface area contributed by atoms with E-state index in [0.717, 1.165) is 25.2 Å². The van der Waals surface area contributed by atoms with E-state index in [1.807, 2.05) is 0 Å². The van der Waals surface area contributed by atoms with Crippen molar-refractivity contribution in [2.75, 3.05) is 0 Å². The summed E-state index contributed by atoms with van der Waals surface area (Å²) < 4.78 is 33.7. The van der Waals surface area contributed by atoms with E-state index in [2.05, 4.69) is 13.8 Å². The van der Waals surface area contributed by atoms with E-state index in [4.69, 9.17) is 25.9 Å². The van der Waals surface area contributed by atoms with Crippen molar-refractivity contribution in [2.24, 2.45) is 11.7 Å². The van der Waals surface area contributed by atoms with Crippen molar-refractivity contribution < 1.29 is 53.2 Å². The summed E-state index contributed by atoms with van der Waals surface area (Å²) in [6.07, 6.45) is 12.1. The standard InChI is InChI=1S/C30H49NO5.2H2O.O.Ti/c1-23(2)17-13-10-8-6-5-7-9-11-16-20-26(31)21-22-27(32)36-29(30(34)35-24(3)4)28(33)25-18-14-12-15-19-25;;;;/h12,14-15,18-19,23-24,26,29H,5-11,13,16-17,20-22,31H2,1-4H3;2*1H2;;/q;;;;+2/p-2. The van der Waals surface area contributed by atoms with Crippen molar-refractivity contribution in [3.05, 3.63) is 35.9 Å². The average Bonchev–Trinajstić information content (AvgIpc) is 2.88. The van der Waals surface area contributed by atoms with Gasteiger partial charge in [-0.3, -0.25) is 9.59 Å². The summed E-state index contributed by atoms with van der Waals surface area (Å²) in [6.45, 7) is 7.93. The Balaban J connectivity index is 0.00000354. The first kappa shape index (κ1) is 38.2. The number of rotatable bonds is 20. The number of Topliss-reactive ketones (excluding diaryl/α,β-unsaturated/α-hetero) is 1.